The zero-order chi connectivity index (χ0) is 13.9. The molecule has 3 nitrogen and oxygen atoms in total. The van der Waals surface area contributed by atoms with Crippen LogP contribution in [0.25, 0.3) is 10.2 Å². The minimum absolute atomic E-state index is 0.179. The molecule has 0 bridgehead atoms. The standard InChI is InChI=1S/C15H18N2OS2/c1-19-15-17-12-8-7-11(9-13(12)20-15)16-14(18)10-5-3-2-4-6-10/h7-10H,2-6H2,1H3,(H,16,18). The molecule has 0 saturated heterocycles. The minimum Gasteiger partial charge on any atom is -0.326 e. The lowest BCUT2D eigenvalue weighted by molar-refractivity contribution is -0.120. The zero-order valence-corrected chi connectivity index (χ0v) is 13.1. The van der Waals surface area contributed by atoms with Gasteiger partial charge in [0, 0.05) is 11.6 Å². The molecule has 0 spiro atoms. The molecule has 0 aliphatic heterocycles. The van der Waals surface area contributed by atoms with Crippen molar-refractivity contribution in [1.82, 2.24) is 4.98 Å². The molecule has 3 rings (SSSR count). The highest BCUT2D eigenvalue weighted by Crippen LogP contribution is 2.30. The van der Waals surface area contributed by atoms with Crippen LogP contribution in [-0.4, -0.2) is 17.1 Å². The summed E-state index contributed by atoms with van der Waals surface area (Å²) in [6.07, 6.45) is 7.74. The van der Waals surface area contributed by atoms with E-state index in [4.69, 9.17) is 0 Å². The quantitative estimate of drug-likeness (QED) is 0.847. The van der Waals surface area contributed by atoms with E-state index >= 15 is 0 Å². The topological polar surface area (TPSA) is 42.0 Å². The molecule has 1 aromatic carbocycles. The Morgan fingerprint density at radius 1 is 1.35 bits per heavy atom. The third kappa shape index (κ3) is 2.99. The van der Waals surface area contributed by atoms with Gasteiger partial charge in [-0.15, -0.1) is 11.3 Å². The van der Waals surface area contributed by atoms with Gasteiger partial charge in [0.1, 0.15) is 0 Å². The Kier molecular flexibility index (Phi) is 4.27. The fourth-order valence-electron chi connectivity index (χ4n) is 2.68. The molecule has 1 aliphatic rings. The molecule has 1 amide bonds. The SMILES string of the molecule is CSc1nc2ccc(NC(=O)C3CCCCC3)cc2s1. The number of hydrogen-bond acceptors (Lipinski definition) is 4. The van der Waals surface area contributed by atoms with Crippen molar-refractivity contribution in [1.29, 1.82) is 0 Å². The number of hydrogen-bond donors (Lipinski definition) is 1. The van der Waals surface area contributed by atoms with Crippen LogP contribution < -0.4 is 5.32 Å². The number of fused-ring (bicyclic) bond motifs is 1. The van der Waals surface area contributed by atoms with Crippen molar-refractivity contribution in [3.05, 3.63) is 18.2 Å². The monoisotopic (exact) mass is 306 g/mol. The second kappa shape index (κ2) is 6.14. The highest BCUT2D eigenvalue weighted by Gasteiger charge is 2.21. The van der Waals surface area contributed by atoms with Gasteiger partial charge >= 0.3 is 0 Å². The summed E-state index contributed by atoms with van der Waals surface area (Å²) >= 11 is 3.33. The van der Waals surface area contributed by atoms with E-state index in [1.807, 2.05) is 24.5 Å². The lowest BCUT2D eigenvalue weighted by Crippen LogP contribution is -2.24. The molecular formula is C15H18N2OS2. The number of thiazole rings is 1. The van der Waals surface area contributed by atoms with E-state index in [1.54, 1.807) is 23.1 Å². The summed E-state index contributed by atoms with van der Waals surface area (Å²) in [6, 6.07) is 5.97. The summed E-state index contributed by atoms with van der Waals surface area (Å²) < 4.78 is 2.20. The first kappa shape index (κ1) is 13.9. The molecule has 1 N–H and O–H groups in total. The van der Waals surface area contributed by atoms with Crippen LogP contribution in [-0.2, 0) is 4.79 Å². The van der Waals surface area contributed by atoms with Gasteiger partial charge in [0.15, 0.2) is 4.34 Å². The number of thioether (sulfide) groups is 1. The summed E-state index contributed by atoms with van der Waals surface area (Å²) in [6.45, 7) is 0. The van der Waals surface area contributed by atoms with E-state index in [0.29, 0.717) is 0 Å². The van der Waals surface area contributed by atoms with Gasteiger partial charge in [-0.2, -0.15) is 0 Å². The largest absolute Gasteiger partial charge is 0.326 e. The number of benzene rings is 1. The summed E-state index contributed by atoms with van der Waals surface area (Å²) in [7, 11) is 0. The highest BCUT2D eigenvalue weighted by atomic mass is 32.2. The average Bonchev–Trinajstić information content (AvgIpc) is 2.90. The Morgan fingerprint density at radius 3 is 2.90 bits per heavy atom. The van der Waals surface area contributed by atoms with Gasteiger partial charge in [-0.25, -0.2) is 4.98 Å². The molecule has 1 aliphatic carbocycles. The van der Waals surface area contributed by atoms with Crippen molar-refractivity contribution in [2.75, 3.05) is 11.6 Å². The van der Waals surface area contributed by atoms with Crippen molar-refractivity contribution >= 4 is 44.9 Å². The maximum Gasteiger partial charge on any atom is 0.227 e. The molecule has 0 unspecified atom stereocenters. The van der Waals surface area contributed by atoms with Crippen LogP contribution in [0.5, 0.6) is 0 Å². The number of amides is 1. The second-order valence-electron chi connectivity index (χ2n) is 5.19. The van der Waals surface area contributed by atoms with Gasteiger partial charge in [-0.3, -0.25) is 4.79 Å². The molecule has 1 heterocycles. The Labute approximate surface area is 127 Å². The average molecular weight is 306 g/mol. The number of carbonyl (C=O) groups excluding carboxylic acids is 1. The van der Waals surface area contributed by atoms with Crippen LogP contribution in [0.1, 0.15) is 32.1 Å². The Hall–Kier alpha value is -1.07. The summed E-state index contributed by atoms with van der Waals surface area (Å²) in [5, 5.41) is 3.06. The summed E-state index contributed by atoms with van der Waals surface area (Å²) in [4.78, 5) is 16.7. The smallest absolute Gasteiger partial charge is 0.227 e. The van der Waals surface area contributed by atoms with Crippen LogP contribution in [0.15, 0.2) is 22.5 Å². The van der Waals surface area contributed by atoms with Gasteiger partial charge < -0.3 is 5.32 Å². The summed E-state index contributed by atoms with van der Waals surface area (Å²) in [5.74, 6) is 0.376. The molecule has 0 radical (unpaired) electrons. The maximum absolute atomic E-state index is 12.2. The van der Waals surface area contributed by atoms with Crippen molar-refractivity contribution in [2.24, 2.45) is 5.92 Å². The number of aromatic nitrogens is 1. The van der Waals surface area contributed by atoms with Crippen LogP contribution in [0.3, 0.4) is 0 Å². The molecule has 2 aromatic rings. The molecule has 1 saturated carbocycles. The van der Waals surface area contributed by atoms with Gasteiger partial charge in [0.05, 0.1) is 10.2 Å². The number of rotatable bonds is 3. The van der Waals surface area contributed by atoms with E-state index < -0.39 is 0 Å². The van der Waals surface area contributed by atoms with E-state index in [9.17, 15) is 4.79 Å². The predicted octanol–water partition coefficient (Wildman–Crippen LogP) is 4.54. The van der Waals surface area contributed by atoms with Gasteiger partial charge in [0.2, 0.25) is 5.91 Å². The van der Waals surface area contributed by atoms with E-state index in [2.05, 4.69) is 10.3 Å². The fourth-order valence-corrected chi connectivity index (χ4v) is 4.21. The van der Waals surface area contributed by atoms with Crippen LogP contribution in [0, 0.1) is 5.92 Å². The van der Waals surface area contributed by atoms with Gasteiger partial charge in [-0.1, -0.05) is 31.0 Å². The highest BCUT2D eigenvalue weighted by molar-refractivity contribution is 8.00. The first-order valence-electron chi connectivity index (χ1n) is 7.02. The van der Waals surface area contributed by atoms with Crippen molar-refractivity contribution < 1.29 is 4.79 Å². The number of nitrogens with one attached hydrogen (secondary N) is 1. The van der Waals surface area contributed by atoms with E-state index in [0.717, 1.165) is 33.1 Å². The lowest BCUT2D eigenvalue weighted by atomic mass is 9.88. The van der Waals surface area contributed by atoms with Crippen molar-refractivity contribution in [3.8, 4) is 0 Å². The zero-order valence-electron chi connectivity index (χ0n) is 11.5. The van der Waals surface area contributed by atoms with E-state index in [-0.39, 0.29) is 11.8 Å². The first-order chi connectivity index (χ1) is 9.76. The molecule has 1 aromatic heterocycles. The Bertz CT molecular complexity index is 617. The second-order valence-corrected chi connectivity index (χ2v) is 7.27. The van der Waals surface area contributed by atoms with Crippen LogP contribution in [0.4, 0.5) is 5.69 Å². The molecule has 5 heteroatoms. The van der Waals surface area contributed by atoms with Gasteiger partial charge in [0.25, 0.3) is 0 Å². The first-order valence-corrected chi connectivity index (χ1v) is 9.06. The normalized spacial score (nSPS) is 16.4. The van der Waals surface area contributed by atoms with Crippen LogP contribution >= 0.6 is 23.1 Å². The molecule has 1 fully saturated rings. The Balaban J connectivity index is 1.74. The predicted molar refractivity (Wildman–Crippen MR) is 86.6 cm³/mol. The van der Waals surface area contributed by atoms with E-state index in [1.165, 1.54) is 19.3 Å². The number of anilines is 1. The molecule has 0 atom stereocenters. The number of carbonyl (C=O) groups is 1. The molecular weight excluding hydrogens is 288 g/mol. The third-order valence-electron chi connectivity index (χ3n) is 3.79. The van der Waals surface area contributed by atoms with Crippen molar-refractivity contribution in [2.45, 2.75) is 36.4 Å². The third-order valence-corrected chi connectivity index (χ3v) is 5.79. The van der Waals surface area contributed by atoms with Gasteiger partial charge in [-0.05, 0) is 37.3 Å². The minimum atomic E-state index is 0.179. The molecule has 106 valence electrons. The maximum atomic E-state index is 12.2. The Morgan fingerprint density at radius 2 is 2.15 bits per heavy atom. The summed E-state index contributed by atoms with van der Waals surface area (Å²) in [5.41, 5.74) is 1.90. The number of nitrogens with zero attached hydrogens (tertiary/aromatic N) is 1. The lowest BCUT2D eigenvalue weighted by Gasteiger charge is -2.20. The van der Waals surface area contributed by atoms with Crippen LogP contribution in [0.2, 0.25) is 0 Å². The van der Waals surface area contributed by atoms with Crippen molar-refractivity contribution in [3.63, 3.8) is 0 Å². The fraction of sp³-hybridized carbons (Fsp3) is 0.467. The molecule has 20 heavy (non-hydrogen) atoms.